The van der Waals surface area contributed by atoms with Crippen molar-refractivity contribution < 1.29 is 4.79 Å². The van der Waals surface area contributed by atoms with Crippen LogP contribution < -0.4 is 16.6 Å². The Morgan fingerprint density at radius 3 is 2.34 bits per heavy atom. The first-order valence-corrected chi connectivity index (χ1v) is 9.60. The molecule has 1 saturated carbocycles. The summed E-state index contributed by atoms with van der Waals surface area (Å²) in [6.45, 7) is 3.90. The minimum absolute atomic E-state index is 0.0650. The van der Waals surface area contributed by atoms with Gasteiger partial charge >= 0.3 is 5.69 Å². The molecule has 0 saturated heterocycles. The first-order chi connectivity index (χ1) is 13.9. The largest absolute Gasteiger partial charge is 0.352 e. The lowest BCUT2D eigenvalue weighted by Gasteiger charge is -2.13. The van der Waals surface area contributed by atoms with Crippen LogP contribution in [0.25, 0.3) is 5.69 Å². The average Bonchev–Trinajstić information content (AvgIpc) is 3.49. The summed E-state index contributed by atoms with van der Waals surface area (Å²) >= 11 is 0. The van der Waals surface area contributed by atoms with E-state index in [4.69, 9.17) is 0 Å². The van der Waals surface area contributed by atoms with E-state index in [2.05, 4.69) is 10.4 Å². The lowest BCUT2D eigenvalue weighted by atomic mass is 10.1. The number of hydrogen-bond acceptors (Lipinski definition) is 4. The molecule has 0 bridgehead atoms. The number of amides is 1. The van der Waals surface area contributed by atoms with Gasteiger partial charge in [-0.3, -0.25) is 14.2 Å². The summed E-state index contributed by atoms with van der Waals surface area (Å²) in [6, 6.07) is 14.9. The monoisotopic (exact) mass is 390 g/mol. The summed E-state index contributed by atoms with van der Waals surface area (Å²) in [4.78, 5) is 38.8. The van der Waals surface area contributed by atoms with Crippen molar-refractivity contribution in [2.45, 2.75) is 39.3 Å². The zero-order chi connectivity index (χ0) is 20.5. The molecule has 4 rings (SSSR count). The Balaban J connectivity index is 1.89. The van der Waals surface area contributed by atoms with Crippen LogP contribution in [-0.2, 0) is 6.54 Å². The van der Waals surface area contributed by atoms with Crippen molar-refractivity contribution in [3.8, 4) is 5.69 Å². The first-order valence-electron chi connectivity index (χ1n) is 9.60. The van der Waals surface area contributed by atoms with Gasteiger partial charge in [-0.2, -0.15) is 9.78 Å². The molecule has 1 aliphatic carbocycles. The highest BCUT2D eigenvalue weighted by atomic mass is 16.2. The van der Waals surface area contributed by atoms with Crippen LogP contribution >= 0.6 is 0 Å². The molecular weight excluding hydrogens is 368 g/mol. The van der Waals surface area contributed by atoms with E-state index in [1.165, 1.54) is 0 Å². The van der Waals surface area contributed by atoms with Gasteiger partial charge in [-0.1, -0.05) is 36.4 Å². The molecule has 1 aliphatic rings. The zero-order valence-electron chi connectivity index (χ0n) is 16.4. The van der Waals surface area contributed by atoms with Crippen molar-refractivity contribution in [2.75, 3.05) is 0 Å². The van der Waals surface area contributed by atoms with E-state index in [0.717, 1.165) is 38.8 Å². The number of aryl methyl sites for hydroxylation is 2. The second-order valence-electron chi connectivity index (χ2n) is 7.51. The Kier molecular flexibility index (Phi) is 4.88. The maximum absolute atomic E-state index is 13.2. The van der Waals surface area contributed by atoms with Crippen molar-refractivity contribution in [2.24, 2.45) is 0 Å². The molecule has 29 heavy (non-hydrogen) atoms. The van der Waals surface area contributed by atoms with Crippen molar-refractivity contribution in [3.63, 3.8) is 0 Å². The van der Waals surface area contributed by atoms with Gasteiger partial charge < -0.3 is 5.32 Å². The number of nitrogens with one attached hydrogen (secondary N) is 1. The van der Waals surface area contributed by atoms with E-state index in [0.29, 0.717) is 5.69 Å². The number of carbonyl (C=O) groups is 1. The van der Waals surface area contributed by atoms with Crippen molar-refractivity contribution in [1.29, 1.82) is 0 Å². The van der Waals surface area contributed by atoms with Gasteiger partial charge in [0.1, 0.15) is 0 Å². The fourth-order valence-corrected chi connectivity index (χ4v) is 3.29. The molecule has 3 aromatic rings. The molecule has 7 heteroatoms. The van der Waals surface area contributed by atoms with Crippen LogP contribution in [0.5, 0.6) is 0 Å². The number of rotatable bonds is 5. The van der Waals surface area contributed by atoms with E-state index < -0.39 is 17.2 Å². The summed E-state index contributed by atoms with van der Waals surface area (Å²) in [6.07, 6.45) is 1.78. The van der Waals surface area contributed by atoms with Crippen LogP contribution in [0, 0.1) is 13.8 Å². The molecule has 1 aromatic heterocycles. The van der Waals surface area contributed by atoms with Gasteiger partial charge in [0, 0.05) is 6.04 Å². The normalized spacial score (nSPS) is 13.3. The zero-order valence-corrected chi connectivity index (χ0v) is 16.4. The van der Waals surface area contributed by atoms with Gasteiger partial charge in [-0.15, -0.1) is 0 Å². The fraction of sp³-hybridized carbons (Fsp3) is 0.273. The van der Waals surface area contributed by atoms with Gasteiger partial charge in [0.25, 0.3) is 11.5 Å². The summed E-state index contributed by atoms with van der Waals surface area (Å²) in [5, 5.41) is 6.96. The van der Waals surface area contributed by atoms with Crippen molar-refractivity contribution in [1.82, 2.24) is 19.7 Å². The number of carbonyl (C=O) groups excluding carboxylic acids is 1. The van der Waals surface area contributed by atoms with E-state index in [-0.39, 0.29) is 18.3 Å². The minimum Gasteiger partial charge on any atom is -0.348 e. The molecule has 0 aliphatic heterocycles. The van der Waals surface area contributed by atoms with Gasteiger partial charge in [0.2, 0.25) is 5.69 Å². The number of nitrogens with zero attached hydrogens (tertiary/aromatic N) is 3. The first kappa shape index (κ1) is 18.9. The molecular formula is C22H22N4O3. The van der Waals surface area contributed by atoms with Gasteiger partial charge in [0.05, 0.1) is 12.2 Å². The Morgan fingerprint density at radius 2 is 1.72 bits per heavy atom. The topological polar surface area (TPSA) is 86.0 Å². The predicted octanol–water partition coefficient (Wildman–Crippen LogP) is 1.95. The van der Waals surface area contributed by atoms with Crippen molar-refractivity contribution >= 4 is 5.91 Å². The maximum Gasteiger partial charge on any atom is 0.352 e. The van der Waals surface area contributed by atoms with Crippen LogP contribution in [0.4, 0.5) is 0 Å². The Labute approximate surface area is 167 Å². The van der Waals surface area contributed by atoms with Crippen LogP contribution in [0.1, 0.15) is 40.0 Å². The Morgan fingerprint density at radius 1 is 1.07 bits per heavy atom. The third-order valence-corrected chi connectivity index (χ3v) is 4.82. The highest BCUT2D eigenvalue weighted by Gasteiger charge is 2.27. The summed E-state index contributed by atoms with van der Waals surface area (Å²) in [7, 11) is 0. The summed E-state index contributed by atoms with van der Waals surface area (Å²) in [5.74, 6) is -0.544. The summed E-state index contributed by atoms with van der Waals surface area (Å²) in [5.41, 5.74) is 1.70. The quantitative estimate of drug-likeness (QED) is 0.722. The third kappa shape index (κ3) is 4.03. The summed E-state index contributed by atoms with van der Waals surface area (Å²) < 4.78 is 2.22. The van der Waals surface area contributed by atoms with Crippen LogP contribution in [0.2, 0.25) is 0 Å². The standard InChI is InChI=1S/C22H22N4O3/c1-14-10-15(2)12-18(11-14)26-22(29)25(13-16-6-4-3-5-7-16)21(28)19(24-26)20(27)23-17-8-9-17/h3-7,10-12,17H,8-9,13H2,1-2H3,(H,23,27). The second kappa shape index (κ2) is 7.50. The SMILES string of the molecule is Cc1cc(C)cc(-n2nc(C(=O)NC3CC3)c(=O)n(Cc3ccccc3)c2=O)c1. The average molecular weight is 390 g/mol. The molecule has 0 radical (unpaired) electrons. The minimum atomic E-state index is -0.683. The van der Waals surface area contributed by atoms with E-state index in [1.54, 1.807) is 12.1 Å². The molecule has 1 fully saturated rings. The number of benzene rings is 2. The van der Waals surface area contributed by atoms with E-state index in [9.17, 15) is 14.4 Å². The Hall–Kier alpha value is -3.48. The molecule has 0 atom stereocenters. The highest BCUT2D eigenvalue weighted by molar-refractivity contribution is 5.92. The van der Waals surface area contributed by atoms with Gasteiger partial charge in [0.15, 0.2) is 0 Å². The van der Waals surface area contributed by atoms with Crippen LogP contribution in [0.3, 0.4) is 0 Å². The lowest BCUT2D eigenvalue weighted by molar-refractivity contribution is 0.0941. The number of aromatic nitrogens is 3. The second-order valence-corrected chi connectivity index (χ2v) is 7.51. The lowest BCUT2D eigenvalue weighted by Crippen LogP contribution is -2.46. The smallest absolute Gasteiger partial charge is 0.348 e. The molecule has 1 N–H and O–H groups in total. The van der Waals surface area contributed by atoms with Crippen LogP contribution in [0.15, 0.2) is 58.1 Å². The fourth-order valence-electron chi connectivity index (χ4n) is 3.29. The van der Waals surface area contributed by atoms with Gasteiger partial charge in [-0.05, 0) is 55.5 Å². The number of hydrogen-bond donors (Lipinski definition) is 1. The molecule has 0 unspecified atom stereocenters. The molecule has 1 heterocycles. The molecule has 1 amide bonds. The van der Waals surface area contributed by atoms with Gasteiger partial charge in [-0.25, -0.2) is 4.79 Å². The van der Waals surface area contributed by atoms with Crippen LogP contribution in [-0.4, -0.2) is 26.3 Å². The molecule has 2 aromatic carbocycles. The molecule has 0 spiro atoms. The highest BCUT2D eigenvalue weighted by Crippen LogP contribution is 2.18. The third-order valence-electron chi connectivity index (χ3n) is 4.82. The van der Waals surface area contributed by atoms with E-state index >= 15 is 0 Å². The Bertz CT molecular complexity index is 1170. The van der Waals surface area contributed by atoms with Crippen molar-refractivity contribution in [3.05, 3.63) is 91.8 Å². The van der Waals surface area contributed by atoms with E-state index in [1.807, 2.05) is 50.2 Å². The molecule has 7 nitrogen and oxygen atoms in total. The molecule has 148 valence electrons. The predicted molar refractivity (Wildman–Crippen MR) is 110 cm³/mol. The maximum atomic E-state index is 13.2.